The third kappa shape index (κ3) is 2.63. The molecule has 102 valence electrons. The Balaban J connectivity index is 2.51. The van der Waals surface area contributed by atoms with Crippen LogP contribution in [0.5, 0.6) is 0 Å². The first-order chi connectivity index (χ1) is 9.54. The molecule has 2 aromatic carbocycles. The van der Waals surface area contributed by atoms with Crippen molar-refractivity contribution in [2.75, 3.05) is 11.9 Å². The molecule has 2 rings (SSSR count). The zero-order chi connectivity index (χ0) is 14.7. The molecule has 1 atom stereocenters. The first kappa shape index (κ1) is 14.0. The molecule has 0 aliphatic rings. The average Bonchev–Trinajstić information content (AvgIpc) is 2.45. The van der Waals surface area contributed by atoms with Crippen molar-refractivity contribution < 1.29 is 9.50 Å². The molecule has 1 unspecified atom stereocenters. The molecule has 0 aromatic heterocycles. The van der Waals surface area contributed by atoms with Crippen LogP contribution in [0, 0.1) is 17.1 Å². The highest BCUT2D eigenvalue weighted by Crippen LogP contribution is 2.32. The summed E-state index contributed by atoms with van der Waals surface area (Å²) in [6.07, 6.45) is -0.909. The van der Waals surface area contributed by atoms with Gasteiger partial charge in [-0.25, -0.2) is 4.39 Å². The van der Waals surface area contributed by atoms with E-state index in [0.29, 0.717) is 11.3 Å². The van der Waals surface area contributed by atoms with Gasteiger partial charge in [0.15, 0.2) is 0 Å². The summed E-state index contributed by atoms with van der Waals surface area (Å²) in [5.74, 6) is -0.444. The fourth-order valence-corrected chi connectivity index (χ4v) is 2.15. The molecule has 0 aliphatic carbocycles. The highest BCUT2D eigenvalue weighted by atomic mass is 19.1. The lowest BCUT2D eigenvalue weighted by molar-refractivity contribution is 0.194. The molecule has 0 radical (unpaired) electrons. The predicted molar refractivity (Wildman–Crippen MR) is 76.3 cm³/mol. The van der Waals surface area contributed by atoms with Gasteiger partial charge in [-0.2, -0.15) is 5.26 Å². The van der Waals surface area contributed by atoms with Gasteiger partial charge in [-0.3, -0.25) is 0 Å². The first-order valence-electron chi connectivity index (χ1n) is 6.25. The van der Waals surface area contributed by atoms with E-state index < -0.39 is 11.9 Å². The van der Waals surface area contributed by atoms with Gasteiger partial charge in [-0.15, -0.1) is 0 Å². The topological polar surface area (TPSA) is 47.3 Å². The van der Waals surface area contributed by atoms with E-state index in [4.69, 9.17) is 5.26 Å². The van der Waals surface area contributed by atoms with Crippen LogP contribution in [-0.4, -0.2) is 12.2 Å². The lowest BCUT2D eigenvalue weighted by Gasteiger charge is -2.24. The van der Waals surface area contributed by atoms with Crippen LogP contribution in [0.2, 0.25) is 0 Å². The Bertz CT molecular complexity index is 662. The molecule has 0 spiro atoms. The summed E-state index contributed by atoms with van der Waals surface area (Å²) < 4.78 is 13.9. The number of halogens is 1. The Morgan fingerprint density at radius 1 is 1.25 bits per heavy atom. The fourth-order valence-electron chi connectivity index (χ4n) is 2.15. The van der Waals surface area contributed by atoms with Crippen LogP contribution in [0.4, 0.5) is 15.8 Å². The Kier molecular flexibility index (Phi) is 4.02. The van der Waals surface area contributed by atoms with Gasteiger partial charge in [0, 0.05) is 24.0 Å². The highest BCUT2D eigenvalue weighted by molar-refractivity contribution is 5.67. The van der Waals surface area contributed by atoms with E-state index in [9.17, 15) is 9.50 Å². The molecule has 4 heteroatoms. The monoisotopic (exact) mass is 270 g/mol. The van der Waals surface area contributed by atoms with Crippen LogP contribution in [0.25, 0.3) is 0 Å². The Hall–Kier alpha value is -2.38. The summed E-state index contributed by atoms with van der Waals surface area (Å²) in [7, 11) is 1.77. The number of anilines is 2. The second kappa shape index (κ2) is 5.72. The van der Waals surface area contributed by atoms with Crippen molar-refractivity contribution in [1.82, 2.24) is 0 Å². The largest absolute Gasteiger partial charge is 0.389 e. The zero-order valence-corrected chi connectivity index (χ0v) is 11.3. The van der Waals surface area contributed by atoms with Gasteiger partial charge >= 0.3 is 0 Å². The first-order valence-corrected chi connectivity index (χ1v) is 6.25. The van der Waals surface area contributed by atoms with E-state index in [1.54, 1.807) is 42.3 Å². The van der Waals surface area contributed by atoms with Gasteiger partial charge < -0.3 is 10.0 Å². The Morgan fingerprint density at radius 2 is 1.95 bits per heavy atom. The number of aliphatic hydroxyl groups is 1. The second-order valence-corrected chi connectivity index (χ2v) is 4.57. The molecule has 1 N–H and O–H groups in total. The Labute approximate surface area is 117 Å². The van der Waals surface area contributed by atoms with Crippen LogP contribution in [-0.2, 0) is 0 Å². The molecular formula is C16H15FN2O. The quantitative estimate of drug-likeness (QED) is 0.928. The van der Waals surface area contributed by atoms with E-state index in [2.05, 4.69) is 6.07 Å². The lowest BCUT2D eigenvalue weighted by Crippen LogP contribution is -2.14. The van der Waals surface area contributed by atoms with E-state index in [1.807, 2.05) is 6.07 Å². The Morgan fingerprint density at radius 3 is 2.60 bits per heavy atom. The van der Waals surface area contributed by atoms with Gasteiger partial charge in [0.1, 0.15) is 5.82 Å². The summed E-state index contributed by atoms with van der Waals surface area (Å²) in [5, 5.41) is 18.7. The van der Waals surface area contributed by atoms with E-state index in [-0.39, 0.29) is 5.56 Å². The summed E-state index contributed by atoms with van der Waals surface area (Å²) in [6, 6.07) is 13.8. The molecule has 0 aliphatic heterocycles. The van der Waals surface area contributed by atoms with Crippen molar-refractivity contribution in [3.63, 3.8) is 0 Å². The maximum atomic E-state index is 13.9. The van der Waals surface area contributed by atoms with Crippen molar-refractivity contribution in [1.29, 1.82) is 5.26 Å². The SMILES string of the molecule is CC(O)c1c(F)cccc1N(C)c1cccc(C#N)c1. The minimum Gasteiger partial charge on any atom is -0.389 e. The van der Waals surface area contributed by atoms with Gasteiger partial charge in [-0.05, 0) is 37.3 Å². The average molecular weight is 270 g/mol. The molecule has 20 heavy (non-hydrogen) atoms. The van der Waals surface area contributed by atoms with Gasteiger partial charge in [0.2, 0.25) is 0 Å². The summed E-state index contributed by atoms with van der Waals surface area (Å²) >= 11 is 0. The molecule has 0 amide bonds. The predicted octanol–water partition coefficient (Wildman–Crippen LogP) is 3.52. The maximum absolute atomic E-state index is 13.9. The van der Waals surface area contributed by atoms with Crippen LogP contribution in [0.3, 0.4) is 0 Å². The zero-order valence-electron chi connectivity index (χ0n) is 11.3. The standard InChI is InChI=1S/C16H15FN2O/c1-11(20)16-14(17)7-4-8-15(16)19(2)13-6-3-5-12(9-13)10-18/h3-9,11,20H,1-2H3. The van der Waals surface area contributed by atoms with Crippen LogP contribution in [0.15, 0.2) is 42.5 Å². The van der Waals surface area contributed by atoms with Gasteiger partial charge in [0.05, 0.1) is 17.7 Å². The summed E-state index contributed by atoms with van der Waals surface area (Å²) in [4.78, 5) is 1.76. The van der Waals surface area contributed by atoms with Crippen molar-refractivity contribution >= 4 is 11.4 Å². The smallest absolute Gasteiger partial charge is 0.131 e. The second-order valence-electron chi connectivity index (χ2n) is 4.57. The minimum absolute atomic E-state index is 0.248. The summed E-state index contributed by atoms with van der Waals surface area (Å²) in [5.41, 5.74) is 2.12. The van der Waals surface area contributed by atoms with Crippen LogP contribution < -0.4 is 4.90 Å². The van der Waals surface area contributed by atoms with Crippen molar-refractivity contribution in [3.8, 4) is 6.07 Å². The molecular weight excluding hydrogens is 255 g/mol. The number of nitriles is 1. The number of aliphatic hydroxyl groups excluding tert-OH is 1. The number of hydrogen-bond donors (Lipinski definition) is 1. The summed E-state index contributed by atoms with van der Waals surface area (Å²) in [6.45, 7) is 1.53. The molecule has 0 saturated carbocycles. The molecule has 2 aromatic rings. The van der Waals surface area contributed by atoms with Crippen molar-refractivity contribution in [2.45, 2.75) is 13.0 Å². The van der Waals surface area contributed by atoms with Gasteiger partial charge in [0.25, 0.3) is 0 Å². The van der Waals surface area contributed by atoms with E-state index in [0.717, 1.165) is 5.69 Å². The molecule has 3 nitrogen and oxygen atoms in total. The van der Waals surface area contributed by atoms with Crippen molar-refractivity contribution in [3.05, 3.63) is 59.4 Å². The maximum Gasteiger partial charge on any atom is 0.131 e. The van der Waals surface area contributed by atoms with Crippen molar-refractivity contribution in [2.24, 2.45) is 0 Å². The molecule has 0 saturated heterocycles. The highest BCUT2D eigenvalue weighted by Gasteiger charge is 2.17. The van der Waals surface area contributed by atoms with Crippen LogP contribution in [0.1, 0.15) is 24.2 Å². The van der Waals surface area contributed by atoms with Crippen LogP contribution >= 0.6 is 0 Å². The van der Waals surface area contributed by atoms with Gasteiger partial charge in [-0.1, -0.05) is 12.1 Å². The normalized spacial score (nSPS) is 11.8. The third-order valence-corrected chi connectivity index (χ3v) is 3.17. The number of hydrogen-bond acceptors (Lipinski definition) is 3. The lowest BCUT2D eigenvalue weighted by atomic mass is 10.1. The number of nitrogens with zero attached hydrogens (tertiary/aromatic N) is 2. The number of benzene rings is 2. The van der Waals surface area contributed by atoms with E-state index in [1.165, 1.54) is 13.0 Å². The molecule has 0 heterocycles. The minimum atomic E-state index is -0.909. The van der Waals surface area contributed by atoms with E-state index >= 15 is 0 Å². The molecule has 0 fully saturated rings. The third-order valence-electron chi connectivity index (χ3n) is 3.17. The molecule has 0 bridgehead atoms. The number of rotatable bonds is 3. The fraction of sp³-hybridized carbons (Fsp3) is 0.188.